The number of amides is 1. The highest BCUT2D eigenvalue weighted by molar-refractivity contribution is 8.18. The number of halogens is 1. The summed E-state index contributed by atoms with van der Waals surface area (Å²) >= 11 is 7.90. The van der Waals surface area contributed by atoms with Gasteiger partial charge in [-0.25, -0.2) is 0 Å². The zero-order valence-corrected chi connectivity index (χ0v) is 19.9. The summed E-state index contributed by atoms with van der Waals surface area (Å²) in [4.78, 5) is 19.9. The monoisotopic (exact) mass is 438 g/mol. The Kier molecular flexibility index (Phi) is 8.46. The van der Waals surface area contributed by atoms with Gasteiger partial charge >= 0.3 is 0 Å². The Labute approximate surface area is 183 Å². The molecular weight excluding hydrogens is 408 g/mol. The molecule has 0 saturated carbocycles. The number of carbonyl (C=O) groups is 1. The quantitative estimate of drug-likeness (QED) is 0.466. The Morgan fingerprint density at radius 3 is 2.45 bits per heavy atom. The highest BCUT2D eigenvalue weighted by Gasteiger charge is 2.35. The zero-order chi connectivity index (χ0) is 21.7. The van der Waals surface area contributed by atoms with Crippen LogP contribution in [0.25, 0.3) is 6.08 Å². The van der Waals surface area contributed by atoms with Crippen molar-refractivity contribution in [3.63, 3.8) is 0 Å². The van der Waals surface area contributed by atoms with Crippen LogP contribution in [0.1, 0.15) is 60.5 Å². The minimum Gasteiger partial charge on any atom is -0.490 e. The first-order chi connectivity index (χ1) is 13.7. The number of rotatable bonds is 8. The van der Waals surface area contributed by atoms with E-state index in [0.29, 0.717) is 28.0 Å². The number of hydrogen-bond donors (Lipinski definition) is 0. The maximum absolute atomic E-state index is 13.0. The molecule has 2 rings (SSSR count). The van der Waals surface area contributed by atoms with E-state index >= 15 is 0 Å². The third-order valence-electron chi connectivity index (χ3n) is 4.25. The van der Waals surface area contributed by atoms with Gasteiger partial charge in [-0.2, -0.15) is 0 Å². The fourth-order valence-electron chi connectivity index (χ4n) is 2.74. The van der Waals surface area contributed by atoms with Crippen LogP contribution in [-0.4, -0.2) is 40.8 Å². The SMILES string of the molecule is CCOc1cc(/C=C2/SC(=NC(C)C)N(C(C)C)C2=O)cc(Cl)c1O[C@H](C)CC. The number of amidine groups is 1. The molecule has 1 aliphatic heterocycles. The van der Waals surface area contributed by atoms with Crippen molar-refractivity contribution in [2.75, 3.05) is 6.61 Å². The van der Waals surface area contributed by atoms with Gasteiger partial charge < -0.3 is 9.47 Å². The van der Waals surface area contributed by atoms with Crippen LogP contribution < -0.4 is 9.47 Å². The lowest BCUT2D eigenvalue weighted by molar-refractivity contribution is -0.123. The summed E-state index contributed by atoms with van der Waals surface area (Å²) in [6, 6.07) is 3.82. The van der Waals surface area contributed by atoms with Gasteiger partial charge in [0.2, 0.25) is 0 Å². The number of thioether (sulfide) groups is 1. The van der Waals surface area contributed by atoms with E-state index < -0.39 is 0 Å². The van der Waals surface area contributed by atoms with Crippen LogP contribution in [0, 0.1) is 0 Å². The van der Waals surface area contributed by atoms with E-state index in [-0.39, 0.29) is 24.1 Å². The summed E-state index contributed by atoms with van der Waals surface area (Å²) in [5, 5.41) is 1.20. The molecule has 0 bridgehead atoms. The van der Waals surface area contributed by atoms with Crippen LogP contribution in [0.2, 0.25) is 5.02 Å². The predicted octanol–water partition coefficient (Wildman–Crippen LogP) is 6.01. The average Bonchev–Trinajstić information content (AvgIpc) is 2.92. The van der Waals surface area contributed by atoms with Crippen LogP contribution in [0.5, 0.6) is 11.5 Å². The molecule has 1 aromatic rings. The molecule has 7 heteroatoms. The summed E-state index contributed by atoms with van der Waals surface area (Å²) in [7, 11) is 0. The van der Waals surface area contributed by atoms with Gasteiger partial charge in [0.15, 0.2) is 16.7 Å². The first kappa shape index (κ1) is 23.6. The second-order valence-electron chi connectivity index (χ2n) is 7.48. The predicted molar refractivity (Wildman–Crippen MR) is 123 cm³/mol. The number of benzene rings is 1. The number of nitrogens with zero attached hydrogens (tertiary/aromatic N) is 2. The van der Waals surface area contributed by atoms with Crippen LogP contribution >= 0.6 is 23.4 Å². The van der Waals surface area contributed by atoms with E-state index in [1.165, 1.54) is 11.8 Å². The van der Waals surface area contributed by atoms with Crippen molar-refractivity contribution in [2.24, 2.45) is 4.99 Å². The lowest BCUT2D eigenvalue weighted by Crippen LogP contribution is -2.35. The molecule has 160 valence electrons. The molecule has 5 nitrogen and oxygen atoms in total. The van der Waals surface area contributed by atoms with Gasteiger partial charge in [0.25, 0.3) is 5.91 Å². The minimum atomic E-state index is -0.0431. The van der Waals surface area contributed by atoms with Crippen molar-refractivity contribution in [2.45, 2.75) is 73.1 Å². The Bertz CT molecular complexity index is 805. The van der Waals surface area contributed by atoms with Gasteiger partial charge in [0.05, 0.1) is 22.6 Å². The third-order valence-corrected chi connectivity index (χ3v) is 5.52. The molecule has 0 unspecified atom stereocenters. The first-order valence-corrected chi connectivity index (χ1v) is 11.3. The van der Waals surface area contributed by atoms with Crippen molar-refractivity contribution < 1.29 is 14.3 Å². The third kappa shape index (κ3) is 5.92. The standard InChI is InChI=1S/C22H31ClN2O3S/c1-8-15(7)28-20-17(23)10-16(11-18(20)27-9-2)12-19-21(26)25(14(5)6)22(29-19)24-13(3)4/h10-15H,8-9H2,1-7H3/b19-12+,24-22?/t15-/m1/s1. The van der Waals surface area contributed by atoms with E-state index in [4.69, 9.17) is 21.1 Å². The molecule has 0 aromatic heterocycles. The van der Waals surface area contributed by atoms with E-state index in [2.05, 4.69) is 11.9 Å². The van der Waals surface area contributed by atoms with Crippen molar-refractivity contribution >= 4 is 40.5 Å². The fraction of sp³-hybridized carbons (Fsp3) is 0.545. The topological polar surface area (TPSA) is 51.1 Å². The molecule has 1 atom stereocenters. The van der Waals surface area contributed by atoms with E-state index in [1.807, 2.05) is 53.7 Å². The second-order valence-corrected chi connectivity index (χ2v) is 8.90. The van der Waals surface area contributed by atoms with E-state index in [0.717, 1.165) is 17.2 Å². The van der Waals surface area contributed by atoms with Gasteiger partial charge in [-0.05, 0) is 83.5 Å². The number of aliphatic imine (C=N–C) groups is 1. The van der Waals surface area contributed by atoms with Crippen molar-refractivity contribution in [3.8, 4) is 11.5 Å². The van der Waals surface area contributed by atoms with E-state index in [9.17, 15) is 4.79 Å². The molecule has 1 aliphatic rings. The lowest BCUT2D eigenvalue weighted by atomic mass is 10.1. The molecule has 1 fully saturated rings. The second kappa shape index (κ2) is 10.4. The normalized spacial score (nSPS) is 18.4. The summed E-state index contributed by atoms with van der Waals surface area (Å²) in [5.41, 5.74) is 0.792. The Balaban J connectivity index is 2.44. The number of hydrogen-bond acceptors (Lipinski definition) is 5. The molecule has 1 amide bonds. The average molecular weight is 439 g/mol. The fourth-order valence-corrected chi connectivity index (χ4v) is 4.23. The Morgan fingerprint density at radius 1 is 1.21 bits per heavy atom. The van der Waals surface area contributed by atoms with Crippen LogP contribution in [0.15, 0.2) is 22.0 Å². The molecule has 0 N–H and O–H groups in total. The Hall–Kier alpha value is -1.66. The zero-order valence-electron chi connectivity index (χ0n) is 18.3. The number of carbonyl (C=O) groups excluding carboxylic acids is 1. The van der Waals surface area contributed by atoms with Crippen LogP contribution in [0.4, 0.5) is 0 Å². The molecule has 1 heterocycles. The lowest BCUT2D eigenvalue weighted by Gasteiger charge is -2.20. The molecule has 0 aliphatic carbocycles. The molecule has 1 saturated heterocycles. The highest BCUT2D eigenvalue weighted by Crippen LogP contribution is 2.40. The molecule has 1 aromatic carbocycles. The molecule has 0 radical (unpaired) electrons. The van der Waals surface area contributed by atoms with Gasteiger partial charge in [-0.3, -0.25) is 14.7 Å². The van der Waals surface area contributed by atoms with Gasteiger partial charge in [-0.15, -0.1) is 0 Å². The molecule has 29 heavy (non-hydrogen) atoms. The maximum Gasteiger partial charge on any atom is 0.266 e. The summed E-state index contributed by atoms with van der Waals surface area (Å²) < 4.78 is 11.7. The summed E-state index contributed by atoms with van der Waals surface area (Å²) in [6.07, 6.45) is 2.73. The van der Waals surface area contributed by atoms with Gasteiger partial charge in [0, 0.05) is 12.1 Å². The molecular formula is C22H31ClN2O3S. The highest BCUT2D eigenvalue weighted by atomic mass is 35.5. The van der Waals surface area contributed by atoms with Crippen molar-refractivity contribution in [1.82, 2.24) is 4.90 Å². The van der Waals surface area contributed by atoms with Crippen LogP contribution in [0.3, 0.4) is 0 Å². The summed E-state index contributed by atoms with van der Waals surface area (Å²) in [6.45, 7) is 14.4. The smallest absolute Gasteiger partial charge is 0.266 e. The van der Waals surface area contributed by atoms with Crippen LogP contribution in [-0.2, 0) is 4.79 Å². The van der Waals surface area contributed by atoms with Crippen molar-refractivity contribution in [3.05, 3.63) is 27.6 Å². The first-order valence-electron chi connectivity index (χ1n) is 10.1. The van der Waals surface area contributed by atoms with E-state index in [1.54, 1.807) is 11.0 Å². The van der Waals surface area contributed by atoms with Gasteiger partial charge in [0.1, 0.15) is 0 Å². The van der Waals surface area contributed by atoms with Gasteiger partial charge in [-0.1, -0.05) is 18.5 Å². The Morgan fingerprint density at radius 2 is 1.90 bits per heavy atom. The minimum absolute atomic E-state index is 0.0253. The number of ether oxygens (including phenoxy) is 2. The van der Waals surface area contributed by atoms with Crippen molar-refractivity contribution in [1.29, 1.82) is 0 Å². The summed E-state index contributed by atoms with van der Waals surface area (Å²) in [5.74, 6) is 1.08. The molecule has 0 spiro atoms. The maximum atomic E-state index is 13.0. The largest absolute Gasteiger partial charge is 0.490 e.